The number of rotatable bonds is 9. The van der Waals surface area contributed by atoms with Gasteiger partial charge in [-0.25, -0.2) is 15.8 Å². The van der Waals surface area contributed by atoms with E-state index in [1.165, 1.54) is 30.2 Å². The number of nitrogens with one attached hydrogen (secondary N) is 2. The van der Waals surface area contributed by atoms with Crippen molar-refractivity contribution in [3.05, 3.63) is 75.8 Å². The van der Waals surface area contributed by atoms with Gasteiger partial charge >= 0.3 is 0 Å². The van der Waals surface area contributed by atoms with Crippen molar-refractivity contribution in [3.63, 3.8) is 0 Å². The number of carbonyl (C=O) groups excluding carboxylic acids is 2. The molecule has 3 rings (SSSR count). The van der Waals surface area contributed by atoms with Gasteiger partial charge < -0.3 is 15.6 Å². The minimum atomic E-state index is -0.142. The molecule has 0 saturated carbocycles. The minimum Gasteiger partial charge on any atom is -0.345 e. The summed E-state index contributed by atoms with van der Waals surface area (Å²) in [6, 6.07) is 15.6. The lowest BCUT2D eigenvalue weighted by Gasteiger charge is -2.10. The molecule has 0 radical (unpaired) electrons. The van der Waals surface area contributed by atoms with E-state index in [0.717, 1.165) is 34.7 Å². The zero-order valence-electron chi connectivity index (χ0n) is 19.0. The van der Waals surface area contributed by atoms with Crippen LogP contribution in [0.25, 0.3) is 0 Å². The van der Waals surface area contributed by atoms with Crippen molar-refractivity contribution in [2.75, 3.05) is 19.4 Å². The first-order valence-electron chi connectivity index (χ1n) is 10.5. The van der Waals surface area contributed by atoms with Gasteiger partial charge in [0.25, 0.3) is 5.91 Å². The van der Waals surface area contributed by atoms with Crippen molar-refractivity contribution < 1.29 is 9.59 Å². The van der Waals surface area contributed by atoms with Crippen LogP contribution in [0.1, 0.15) is 39.0 Å². The van der Waals surface area contributed by atoms with Gasteiger partial charge in [-0.1, -0.05) is 24.3 Å². The maximum absolute atomic E-state index is 12.1. The van der Waals surface area contributed by atoms with E-state index in [1.807, 2.05) is 48.5 Å². The highest BCUT2D eigenvalue weighted by atomic mass is 32.1. The summed E-state index contributed by atoms with van der Waals surface area (Å²) in [6.07, 6.45) is 3.67. The van der Waals surface area contributed by atoms with Gasteiger partial charge in [0.05, 0.1) is 11.4 Å². The van der Waals surface area contributed by atoms with Crippen molar-refractivity contribution in [2.45, 2.75) is 26.2 Å². The number of anilines is 1. The lowest BCUT2D eigenvalue weighted by atomic mass is 10.0. The average Bonchev–Trinajstić information content (AvgIpc) is 3.17. The zero-order chi connectivity index (χ0) is 23.8. The monoisotopic (exact) mass is 464 g/mol. The Hall–Kier alpha value is -3.56. The number of hydrogen-bond acceptors (Lipinski definition) is 6. The summed E-state index contributed by atoms with van der Waals surface area (Å²) < 4.78 is 0. The summed E-state index contributed by atoms with van der Waals surface area (Å²) in [7, 11) is 3.48. The lowest BCUT2D eigenvalue weighted by molar-refractivity contribution is -0.114. The Morgan fingerprint density at radius 1 is 1.06 bits per heavy atom. The molecule has 2 amide bonds. The van der Waals surface area contributed by atoms with Crippen LogP contribution < -0.4 is 16.6 Å². The van der Waals surface area contributed by atoms with Crippen molar-refractivity contribution in [3.8, 4) is 0 Å². The number of thiazole rings is 1. The third-order valence-corrected chi connectivity index (χ3v) is 5.92. The van der Waals surface area contributed by atoms with Crippen LogP contribution in [0, 0.1) is 0 Å². The van der Waals surface area contributed by atoms with Gasteiger partial charge in [-0.2, -0.15) is 0 Å². The first-order valence-corrected chi connectivity index (χ1v) is 11.3. The smallest absolute Gasteiger partial charge is 0.253 e. The molecule has 33 heavy (non-hydrogen) atoms. The first-order chi connectivity index (χ1) is 15.9. The molecule has 0 saturated heterocycles. The van der Waals surface area contributed by atoms with E-state index in [9.17, 15) is 9.59 Å². The number of amides is 2. The van der Waals surface area contributed by atoms with Crippen LogP contribution in [0.2, 0.25) is 0 Å². The van der Waals surface area contributed by atoms with Gasteiger partial charge in [0.2, 0.25) is 5.91 Å². The molecule has 172 valence electrons. The molecule has 0 unspecified atom stereocenters. The lowest BCUT2D eigenvalue weighted by Crippen LogP contribution is -2.21. The Kier molecular flexibility index (Phi) is 8.28. The Bertz CT molecular complexity index is 1120. The maximum atomic E-state index is 12.1. The third-order valence-electron chi connectivity index (χ3n) is 4.91. The molecule has 0 bridgehead atoms. The largest absolute Gasteiger partial charge is 0.345 e. The molecule has 0 aliphatic rings. The number of aliphatic imine (C=N–C) groups is 1. The summed E-state index contributed by atoms with van der Waals surface area (Å²) in [4.78, 5) is 35.2. The van der Waals surface area contributed by atoms with Crippen LogP contribution in [0.5, 0.6) is 0 Å². The fraction of sp³-hybridized carbons (Fsp3) is 0.250. The van der Waals surface area contributed by atoms with E-state index in [2.05, 4.69) is 20.7 Å². The second kappa shape index (κ2) is 11.3. The normalized spacial score (nSPS) is 10.9. The number of hydrazine groups is 1. The quantitative estimate of drug-likeness (QED) is 0.195. The Morgan fingerprint density at radius 3 is 2.33 bits per heavy atom. The molecule has 0 aliphatic heterocycles. The van der Waals surface area contributed by atoms with Gasteiger partial charge in [-0.15, -0.1) is 11.3 Å². The van der Waals surface area contributed by atoms with E-state index in [0.29, 0.717) is 17.1 Å². The standard InChI is InChI=1S/C24H28N6O2S/c1-16(31)28-24-29-21(13-8-17-6-11-20(12-7-17)26-15-27-25)22(33-24)14-18-4-9-19(10-5-18)23(32)30(2)3/h4-7,9-12,15H,8,13-14,25H2,1-3H3,(H,26,27)(H,28,29,31). The van der Waals surface area contributed by atoms with Gasteiger partial charge in [-0.05, 0) is 48.2 Å². The predicted octanol–water partition coefficient (Wildman–Crippen LogP) is 3.30. The summed E-state index contributed by atoms with van der Waals surface area (Å²) in [5, 5.41) is 3.40. The van der Waals surface area contributed by atoms with E-state index in [4.69, 9.17) is 5.84 Å². The Balaban J connectivity index is 1.74. The number of nitrogens with two attached hydrogens (primary N) is 1. The molecule has 9 heteroatoms. The van der Waals surface area contributed by atoms with Crippen LogP contribution >= 0.6 is 11.3 Å². The van der Waals surface area contributed by atoms with E-state index < -0.39 is 0 Å². The van der Waals surface area contributed by atoms with Gasteiger partial charge in [0.15, 0.2) is 5.13 Å². The van der Waals surface area contributed by atoms with Crippen molar-refractivity contribution in [2.24, 2.45) is 10.8 Å². The van der Waals surface area contributed by atoms with Gasteiger partial charge in [-0.3, -0.25) is 9.59 Å². The minimum absolute atomic E-state index is 0.0241. The Labute approximate surface area is 197 Å². The predicted molar refractivity (Wildman–Crippen MR) is 133 cm³/mol. The second-order valence-electron chi connectivity index (χ2n) is 7.73. The van der Waals surface area contributed by atoms with Crippen molar-refractivity contribution in [1.82, 2.24) is 15.3 Å². The molecule has 2 aromatic carbocycles. The summed E-state index contributed by atoms with van der Waals surface area (Å²) in [5.41, 5.74) is 7.07. The number of carbonyl (C=O) groups is 2. The maximum Gasteiger partial charge on any atom is 0.253 e. The SMILES string of the molecule is CC(=O)Nc1nc(CCc2ccc(N=CNN)cc2)c(Cc2ccc(C(=O)N(C)C)cc2)s1. The molecule has 0 aliphatic carbocycles. The summed E-state index contributed by atoms with van der Waals surface area (Å²) >= 11 is 1.49. The van der Waals surface area contributed by atoms with Crippen LogP contribution in [-0.4, -0.2) is 42.1 Å². The number of nitrogens with zero attached hydrogens (tertiary/aromatic N) is 3. The second-order valence-corrected chi connectivity index (χ2v) is 8.82. The molecule has 0 fully saturated rings. The molecule has 3 aromatic rings. The number of benzene rings is 2. The van der Waals surface area contributed by atoms with Crippen LogP contribution in [0.3, 0.4) is 0 Å². The fourth-order valence-electron chi connectivity index (χ4n) is 3.25. The highest BCUT2D eigenvalue weighted by Crippen LogP contribution is 2.27. The average molecular weight is 465 g/mol. The van der Waals surface area contributed by atoms with E-state index in [1.54, 1.807) is 19.0 Å². The van der Waals surface area contributed by atoms with Gasteiger partial charge in [0.1, 0.15) is 6.34 Å². The van der Waals surface area contributed by atoms with Crippen molar-refractivity contribution in [1.29, 1.82) is 0 Å². The first kappa shape index (κ1) is 24.1. The molecule has 0 spiro atoms. The Morgan fingerprint density at radius 2 is 1.73 bits per heavy atom. The molecule has 8 nitrogen and oxygen atoms in total. The molecule has 4 N–H and O–H groups in total. The zero-order valence-corrected chi connectivity index (χ0v) is 19.8. The summed E-state index contributed by atoms with van der Waals surface area (Å²) in [5.74, 6) is 5.04. The van der Waals surface area contributed by atoms with E-state index in [-0.39, 0.29) is 11.8 Å². The molecule has 1 heterocycles. The van der Waals surface area contributed by atoms with Crippen LogP contribution in [0.15, 0.2) is 53.5 Å². The van der Waals surface area contributed by atoms with E-state index >= 15 is 0 Å². The van der Waals surface area contributed by atoms with Crippen LogP contribution in [-0.2, 0) is 24.1 Å². The summed E-state index contributed by atoms with van der Waals surface area (Å²) in [6.45, 7) is 1.48. The topological polar surface area (TPSA) is 113 Å². The highest BCUT2D eigenvalue weighted by molar-refractivity contribution is 7.15. The van der Waals surface area contributed by atoms with Gasteiger partial charge in [0, 0.05) is 37.9 Å². The molecule has 1 aromatic heterocycles. The molecule has 0 atom stereocenters. The number of hydrogen-bond donors (Lipinski definition) is 3. The number of aryl methyl sites for hydroxylation is 2. The third kappa shape index (κ3) is 6.96. The highest BCUT2D eigenvalue weighted by Gasteiger charge is 2.14. The van der Waals surface area contributed by atoms with Crippen LogP contribution in [0.4, 0.5) is 10.8 Å². The molecular formula is C24H28N6O2S. The fourth-order valence-corrected chi connectivity index (χ4v) is 4.34. The van der Waals surface area contributed by atoms with Crippen molar-refractivity contribution >= 4 is 40.3 Å². The number of aromatic nitrogens is 1. The molecular weight excluding hydrogens is 436 g/mol.